The second-order valence-corrected chi connectivity index (χ2v) is 6.41. The minimum Gasteiger partial charge on any atom is -0.399 e. The number of aliphatic hydroxyl groups excluding tert-OH is 1. The molecule has 4 N–H and O–H groups in total. The van der Waals surface area contributed by atoms with Crippen molar-refractivity contribution < 1.29 is 5.11 Å². The number of nitrogens with one attached hydrogen (secondary N) is 1. The summed E-state index contributed by atoms with van der Waals surface area (Å²) in [5.41, 5.74) is 7.23. The number of aliphatic hydroxyl groups is 1. The predicted octanol–water partition coefficient (Wildman–Crippen LogP) is 3.17. The van der Waals surface area contributed by atoms with Crippen LogP contribution in [0.4, 0.5) is 11.5 Å². The van der Waals surface area contributed by atoms with E-state index >= 15 is 0 Å². The molecule has 1 aliphatic carbocycles. The molecule has 0 saturated heterocycles. The van der Waals surface area contributed by atoms with Crippen molar-refractivity contribution in [3.63, 3.8) is 0 Å². The molecule has 1 aromatic carbocycles. The lowest BCUT2D eigenvalue weighted by atomic mass is 9.77. The predicted molar refractivity (Wildman–Crippen MR) is 87.2 cm³/mol. The number of hydrogen-bond acceptors (Lipinski definition) is 4. The van der Waals surface area contributed by atoms with Gasteiger partial charge in [0, 0.05) is 11.1 Å². The van der Waals surface area contributed by atoms with Crippen LogP contribution in [0, 0.1) is 5.92 Å². The summed E-state index contributed by atoms with van der Waals surface area (Å²) in [6, 6.07) is 9.72. The molecule has 0 spiro atoms. The van der Waals surface area contributed by atoms with Crippen LogP contribution in [0.3, 0.4) is 0 Å². The van der Waals surface area contributed by atoms with E-state index < -0.39 is 0 Å². The minimum absolute atomic E-state index is 0.152. The molecule has 21 heavy (non-hydrogen) atoms. The van der Waals surface area contributed by atoms with E-state index in [-0.39, 0.29) is 12.1 Å². The van der Waals surface area contributed by atoms with Crippen LogP contribution in [0.15, 0.2) is 30.3 Å². The number of hydrogen-bond donors (Lipinski definition) is 3. The van der Waals surface area contributed by atoms with Crippen LogP contribution in [-0.2, 0) is 0 Å². The van der Waals surface area contributed by atoms with E-state index in [0.717, 1.165) is 41.7 Å². The quantitative estimate of drug-likeness (QED) is 0.757. The highest BCUT2D eigenvalue weighted by atomic mass is 16.3. The molecule has 112 valence electrons. The summed E-state index contributed by atoms with van der Waals surface area (Å²) in [6.07, 6.45) is 4.38. The third-order valence-corrected chi connectivity index (χ3v) is 4.50. The van der Waals surface area contributed by atoms with Gasteiger partial charge in [0.1, 0.15) is 5.82 Å². The van der Waals surface area contributed by atoms with Crippen LogP contribution in [0.5, 0.6) is 0 Å². The van der Waals surface area contributed by atoms with Gasteiger partial charge in [-0.05, 0) is 49.1 Å². The number of benzene rings is 1. The van der Waals surface area contributed by atoms with Crippen molar-refractivity contribution in [2.45, 2.75) is 38.1 Å². The smallest absolute Gasteiger partial charge is 0.127 e. The Morgan fingerprint density at radius 1 is 1.38 bits per heavy atom. The molecule has 2 aromatic rings. The Balaban J connectivity index is 1.87. The zero-order chi connectivity index (χ0) is 14.9. The summed E-state index contributed by atoms with van der Waals surface area (Å²) < 4.78 is 0. The number of nitrogen functional groups attached to an aromatic ring is 1. The average molecular weight is 285 g/mol. The Labute approximate surface area is 125 Å². The Hall–Kier alpha value is -1.81. The van der Waals surface area contributed by atoms with Crippen molar-refractivity contribution in [2.75, 3.05) is 17.7 Å². The van der Waals surface area contributed by atoms with Crippen LogP contribution >= 0.6 is 0 Å². The van der Waals surface area contributed by atoms with Crippen molar-refractivity contribution >= 4 is 22.4 Å². The first-order valence-corrected chi connectivity index (χ1v) is 7.66. The van der Waals surface area contributed by atoms with Gasteiger partial charge in [0.25, 0.3) is 0 Å². The van der Waals surface area contributed by atoms with Gasteiger partial charge in [-0.25, -0.2) is 4.98 Å². The zero-order valence-electron chi connectivity index (χ0n) is 12.5. The number of rotatable bonds is 3. The molecule has 4 heteroatoms. The fourth-order valence-electron chi connectivity index (χ4n) is 3.44. The third kappa shape index (κ3) is 2.95. The molecule has 0 amide bonds. The molecule has 1 fully saturated rings. The third-order valence-electron chi connectivity index (χ3n) is 4.50. The second kappa shape index (κ2) is 5.53. The van der Waals surface area contributed by atoms with E-state index in [2.05, 4.69) is 17.2 Å². The van der Waals surface area contributed by atoms with Crippen molar-refractivity contribution in [2.24, 2.45) is 5.92 Å². The Morgan fingerprint density at radius 2 is 2.24 bits per heavy atom. The molecule has 1 heterocycles. The Morgan fingerprint density at radius 3 is 3.00 bits per heavy atom. The van der Waals surface area contributed by atoms with Crippen LogP contribution in [-0.4, -0.2) is 22.2 Å². The van der Waals surface area contributed by atoms with Gasteiger partial charge in [-0.2, -0.15) is 0 Å². The highest BCUT2D eigenvalue weighted by Crippen LogP contribution is 2.34. The molecular formula is C17H23N3O. The van der Waals surface area contributed by atoms with E-state index in [1.165, 1.54) is 6.42 Å². The van der Waals surface area contributed by atoms with Gasteiger partial charge in [0.15, 0.2) is 0 Å². The number of aromatic nitrogens is 1. The normalized spacial score (nSPS) is 25.9. The van der Waals surface area contributed by atoms with Gasteiger partial charge < -0.3 is 16.2 Å². The van der Waals surface area contributed by atoms with E-state index in [1.807, 2.05) is 30.3 Å². The lowest BCUT2D eigenvalue weighted by Gasteiger charge is -2.39. The highest BCUT2D eigenvalue weighted by molar-refractivity contribution is 5.83. The fraction of sp³-hybridized carbons (Fsp3) is 0.471. The van der Waals surface area contributed by atoms with Gasteiger partial charge >= 0.3 is 0 Å². The van der Waals surface area contributed by atoms with Gasteiger partial charge in [-0.1, -0.05) is 19.8 Å². The second-order valence-electron chi connectivity index (χ2n) is 6.41. The summed E-state index contributed by atoms with van der Waals surface area (Å²) in [5, 5.41) is 14.4. The van der Waals surface area contributed by atoms with E-state index in [1.54, 1.807) is 0 Å². The lowest BCUT2D eigenvalue weighted by molar-refractivity contribution is 0.149. The number of nitrogens with two attached hydrogens (primary N) is 1. The van der Waals surface area contributed by atoms with Gasteiger partial charge in [-0.3, -0.25) is 0 Å². The number of nitrogens with zero attached hydrogens (tertiary/aromatic N) is 1. The maximum Gasteiger partial charge on any atom is 0.127 e. The molecule has 1 saturated carbocycles. The van der Waals surface area contributed by atoms with Gasteiger partial charge in [-0.15, -0.1) is 0 Å². The average Bonchev–Trinajstić information content (AvgIpc) is 2.47. The molecule has 0 radical (unpaired) electrons. The Bertz CT molecular complexity index is 643. The van der Waals surface area contributed by atoms with Gasteiger partial charge in [0.05, 0.1) is 17.7 Å². The van der Waals surface area contributed by atoms with Crippen LogP contribution in [0.2, 0.25) is 0 Å². The lowest BCUT2D eigenvalue weighted by Crippen LogP contribution is -2.46. The van der Waals surface area contributed by atoms with Crippen molar-refractivity contribution in [3.05, 3.63) is 30.3 Å². The summed E-state index contributed by atoms with van der Waals surface area (Å²) in [4.78, 5) is 4.65. The van der Waals surface area contributed by atoms with Crippen molar-refractivity contribution in [3.8, 4) is 0 Å². The molecule has 2 unspecified atom stereocenters. The van der Waals surface area contributed by atoms with Crippen LogP contribution < -0.4 is 11.1 Å². The monoisotopic (exact) mass is 285 g/mol. The zero-order valence-corrected chi connectivity index (χ0v) is 12.5. The fourth-order valence-corrected chi connectivity index (χ4v) is 3.44. The standard InChI is InChI=1S/C17H23N3O/c1-12-3-2-8-17(10-12,11-21)20-16-7-4-13-9-14(18)5-6-15(13)19-16/h4-7,9,12,21H,2-3,8,10-11,18H2,1H3,(H,19,20). The maximum absolute atomic E-state index is 9.86. The molecule has 4 nitrogen and oxygen atoms in total. The van der Waals surface area contributed by atoms with Crippen LogP contribution in [0.1, 0.15) is 32.6 Å². The molecule has 1 aliphatic rings. The highest BCUT2D eigenvalue weighted by Gasteiger charge is 2.34. The Kier molecular flexibility index (Phi) is 3.72. The maximum atomic E-state index is 9.86. The van der Waals surface area contributed by atoms with E-state index in [4.69, 9.17) is 5.73 Å². The summed E-state index contributed by atoms with van der Waals surface area (Å²) >= 11 is 0. The SMILES string of the molecule is CC1CCCC(CO)(Nc2ccc3cc(N)ccc3n2)C1. The van der Waals surface area contributed by atoms with Crippen molar-refractivity contribution in [1.82, 2.24) is 4.98 Å². The van der Waals surface area contributed by atoms with Crippen molar-refractivity contribution in [1.29, 1.82) is 0 Å². The summed E-state index contributed by atoms with van der Waals surface area (Å²) in [6.45, 7) is 2.40. The first-order valence-electron chi connectivity index (χ1n) is 7.66. The molecule has 2 atom stereocenters. The van der Waals surface area contributed by atoms with Crippen LogP contribution in [0.25, 0.3) is 10.9 Å². The molecule has 0 aliphatic heterocycles. The molecular weight excluding hydrogens is 262 g/mol. The van der Waals surface area contributed by atoms with E-state index in [9.17, 15) is 5.11 Å². The summed E-state index contributed by atoms with van der Waals surface area (Å²) in [7, 11) is 0. The molecule has 0 bridgehead atoms. The number of fused-ring (bicyclic) bond motifs is 1. The molecule has 1 aromatic heterocycles. The topological polar surface area (TPSA) is 71.2 Å². The first kappa shape index (κ1) is 14.1. The van der Waals surface area contributed by atoms with E-state index in [0.29, 0.717) is 5.92 Å². The summed E-state index contributed by atoms with van der Waals surface area (Å²) in [5.74, 6) is 1.47. The minimum atomic E-state index is -0.230. The largest absolute Gasteiger partial charge is 0.399 e. The first-order chi connectivity index (χ1) is 10.1. The number of pyridine rings is 1. The molecule has 3 rings (SSSR count). The number of anilines is 2. The van der Waals surface area contributed by atoms with Gasteiger partial charge in [0.2, 0.25) is 0 Å².